The van der Waals surface area contributed by atoms with Gasteiger partial charge in [0.15, 0.2) is 0 Å². The Morgan fingerprint density at radius 3 is 2.56 bits per heavy atom. The van der Waals surface area contributed by atoms with Gasteiger partial charge in [-0.3, -0.25) is 19.2 Å². The molecule has 4 amide bonds. The molecular formula is C30H38ClN5O5. The normalized spacial score (nSPS) is 17.7. The van der Waals surface area contributed by atoms with Gasteiger partial charge in [0.05, 0.1) is 6.61 Å². The summed E-state index contributed by atoms with van der Waals surface area (Å²) in [7, 11) is 0. The molecule has 0 saturated carbocycles. The van der Waals surface area contributed by atoms with Gasteiger partial charge in [-0.15, -0.1) is 0 Å². The number of nitrogens with one attached hydrogen (secondary N) is 2. The van der Waals surface area contributed by atoms with Crippen LogP contribution in [0.5, 0.6) is 0 Å². The number of hydrogen-bond acceptors (Lipinski definition) is 6. The lowest BCUT2D eigenvalue weighted by Gasteiger charge is -2.37. The van der Waals surface area contributed by atoms with E-state index < -0.39 is 23.9 Å². The summed E-state index contributed by atoms with van der Waals surface area (Å²) in [6.45, 7) is 4.48. The maximum Gasteiger partial charge on any atom is 0.246 e. The van der Waals surface area contributed by atoms with Gasteiger partial charge in [-0.25, -0.2) is 0 Å². The molecule has 0 radical (unpaired) electrons. The van der Waals surface area contributed by atoms with E-state index in [1.807, 2.05) is 31.2 Å². The molecule has 0 bridgehead atoms. The van der Waals surface area contributed by atoms with Crippen LogP contribution in [0.15, 0.2) is 42.5 Å². The minimum Gasteiger partial charge on any atom is -0.380 e. The predicted molar refractivity (Wildman–Crippen MR) is 156 cm³/mol. The summed E-state index contributed by atoms with van der Waals surface area (Å²) >= 11 is 6.10. The van der Waals surface area contributed by atoms with E-state index in [1.54, 1.807) is 23.1 Å². The minimum atomic E-state index is -0.899. The first-order valence-corrected chi connectivity index (χ1v) is 14.4. The number of ether oxygens (including phenoxy) is 1. The van der Waals surface area contributed by atoms with Crippen molar-refractivity contribution in [3.63, 3.8) is 0 Å². The van der Waals surface area contributed by atoms with Gasteiger partial charge in [-0.1, -0.05) is 35.9 Å². The molecule has 220 valence electrons. The van der Waals surface area contributed by atoms with Crippen LogP contribution in [0.4, 0.5) is 5.69 Å². The van der Waals surface area contributed by atoms with Crippen molar-refractivity contribution in [2.24, 2.45) is 5.73 Å². The summed E-state index contributed by atoms with van der Waals surface area (Å²) in [6, 6.07) is 11.1. The average Bonchev–Trinajstić information content (AvgIpc) is 3.26. The first kappa shape index (κ1) is 30.5. The monoisotopic (exact) mass is 583 g/mol. The largest absolute Gasteiger partial charge is 0.380 e. The van der Waals surface area contributed by atoms with E-state index in [-0.39, 0.29) is 44.2 Å². The fourth-order valence-electron chi connectivity index (χ4n) is 5.19. The zero-order chi connectivity index (χ0) is 29.4. The quantitative estimate of drug-likeness (QED) is 0.415. The van der Waals surface area contributed by atoms with Crippen LogP contribution in [0.3, 0.4) is 0 Å². The molecule has 2 aromatic carbocycles. The first-order chi connectivity index (χ1) is 19.8. The SMILES string of the molecule is Cc1cc(NC(=O)[C@@H](CCN)NC(=O)[C@@H]2Cc3ccccc3CN2C(=O)CCC(=O)N2CCCOCC2)ccc1Cl. The molecule has 10 nitrogen and oxygen atoms in total. The number of nitrogens with zero attached hydrogens (tertiary/aromatic N) is 2. The van der Waals surface area contributed by atoms with Crippen LogP contribution in [0.2, 0.25) is 5.02 Å². The summed E-state index contributed by atoms with van der Waals surface area (Å²) in [6.07, 6.45) is 1.34. The summed E-state index contributed by atoms with van der Waals surface area (Å²) in [4.78, 5) is 56.3. The number of aryl methyl sites for hydroxylation is 1. The van der Waals surface area contributed by atoms with Crippen LogP contribution in [-0.2, 0) is 36.9 Å². The Morgan fingerprint density at radius 1 is 1.05 bits per heavy atom. The highest BCUT2D eigenvalue weighted by atomic mass is 35.5. The Kier molecular flexibility index (Phi) is 10.7. The maximum atomic E-state index is 13.7. The fourth-order valence-corrected chi connectivity index (χ4v) is 5.30. The van der Waals surface area contributed by atoms with Gasteiger partial charge in [-0.05, 0) is 61.2 Å². The van der Waals surface area contributed by atoms with E-state index in [4.69, 9.17) is 22.1 Å². The summed E-state index contributed by atoms with van der Waals surface area (Å²) in [5, 5.41) is 6.24. The number of benzene rings is 2. The molecule has 0 aromatic heterocycles. The van der Waals surface area contributed by atoms with Crippen molar-refractivity contribution in [2.75, 3.05) is 38.2 Å². The number of nitrogens with two attached hydrogens (primary N) is 1. The molecule has 2 heterocycles. The molecule has 11 heteroatoms. The molecule has 41 heavy (non-hydrogen) atoms. The molecule has 0 unspecified atom stereocenters. The Morgan fingerprint density at radius 2 is 1.80 bits per heavy atom. The van der Waals surface area contributed by atoms with Crippen LogP contribution in [0, 0.1) is 6.92 Å². The Hall–Kier alpha value is -3.47. The summed E-state index contributed by atoms with van der Waals surface area (Å²) in [5.74, 6) is -1.23. The van der Waals surface area contributed by atoms with E-state index in [1.165, 1.54) is 4.90 Å². The fraction of sp³-hybridized carbons (Fsp3) is 0.467. The van der Waals surface area contributed by atoms with Gasteiger partial charge in [-0.2, -0.15) is 0 Å². The zero-order valence-electron chi connectivity index (χ0n) is 23.4. The van der Waals surface area contributed by atoms with E-state index in [0.717, 1.165) is 23.1 Å². The topological polar surface area (TPSA) is 134 Å². The molecule has 2 atom stereocenters. The molecule has 4 rings (SSSR count). The second-order valence-electron chi connectivity index (χ2n) is 10.4. The van der Waals surface area contributed by atoms with Gasteiger partial charge in [0.2, 0.25) is 23.6 Å². The van der Waals surface area contributed by atoms with Crippen LogP contribution >= 0.6 is 11.6 Å². The first-order valence-electron chi connectivity index (χ1n) is 14.1. The minimum absolute atomic E-state index is 0.00916. The van der Waals surface area contributed by atoms with Crippen LogP contribution in [0.25, 0.3) is 0 Å². The molecule has 1 saturated heterocycles. The molecule has 0 aliphatic carbocycles. The number of carbonyl (C=O) groups is 4. The molecule has 1 fully saturated rings. The van der Waals surface area contributed by atoms with Crippen LogP contribution < -0.4 is 16.4 Å². The summed E-state index contributed by atoms with van der Waals surface area (Å²) in [5.41, 5.74) is 9.06. The molecular weight excluding hydrogens is 546 g/mol. The summed E-state index contributed by atoms with van der Waals surface area (Å²) < 4.78 is 5.42. The van der Waals surface area contributed by atoms with Crippen molar-refractivity contribution in [1.82, 2.24) is 15.1 Å². The third kappa shape index (κ3) is 8.06. The number of hydrogen-bond donors (Lipinski definition) is 3. The standard InChI is InChI=1S/C30H38ClN5O5/c1-20-17-23(7-8-24(20)31)33-29(39)25(11-12-32)34-30(40)26-18-21-5-2-3-6-22(21)19-36(26)28(38)10-9-27(37)35-13-4-15-41-16-14-35/h2-3,5-8,17,25-26H,4,9-16,18-19,32H2,1H3,(H,33,39)(H,34,40)/t25-,26+/m1/s1. The van der Waals surface area contributed by atoms with Crippen LogP contribution in [0.1, 0.15) is 42.4 Å². The van der Waals surface area contributed by atoms with E-state index in [2.05, 4.69) is 10.6 Å². The van der Waals surface area contributed by atoms with Crippen molar-refractivity contribution in [1.29, 1.82) is 0 Å². The van der Waals surface area contributed by atoms with E-state index in [9.17, 15) is 19.2 Å². The van der Waals surface area contributed by atoms with Gasteiger partial charge >= 0.3 is 0 Å². The number of halogens is 1. The van der Waals surface area contributed by atoms with Crippen molar-refractivity contribution >= 4 is 40.9 Å². The lowest BCUT2D eigenvalue weighted by atomic mass is 9.92. The molecule has 2 aliphatic heterocycles. The number of amides is 4. The smallest absolute Gasteiger partial charge is 0.246 e. The highest BCUT2D eigenvalue weighted by Crippen LogP contribution is 2.25. The zero-order valence-corrected chi connectivity index (χ0v) is 24.1. The number of anilines is 1. The second-order valence-corrected chi connectivity index (χ2v) is 10.9. The average molecular weight is 584 g/mol. The van der Waals surface area contributed by atoms with Crippen molar-refractivity contribution in [3.8, 4) is 0 Å². The number of rotatable bonds is 9. The third-order valence-electron chi connectivity index (χ3n) is 7.51. The molecule has 4 N–H and O–H groups in total. The van der Waals surface area contributed by atoms with Crippen molar-refractivity contribution < 1.29 is 23.9 Å². The molecule has 2 aromatic rings. The predicted octanol–water partition coefficient (Wildman–Crippen LogP) is 2.40. The second kappa shape index (κ2) is 14.4. The van der Waals surface area contributed by atoms with Crippen molar-refractivity contribution in [3.05, 3.63) is 64.2 Å². The molecule has 2 aliphatic rings. The molecule has 0 spiro atoms. The van der Waals surface area contributed by atoms with Gasteiger partial charge < -0.3 is 30.9 Å². The van der Waals surface area contributed by atoms with Gasteiger partial charge in [0.25, 0.3) is 0 Å². The third-order valence-corrected chi connectivity index (χ3v) is 7.94. The Bertz CT molecular complexity index is 1260. The lowest BCUT2D eigenvalue weighted by molar-refractivity contribution is -0.144. The maximum absolute atomic E-state index is 13.7. The van der Waals surface area contributed by atoms with Gasteiger partial charge in [0.1, 0.15) is 12.1 Å². The highest BCUT2D eigenvalue weighted by Gasteiger charge is 2.36. The van der Waals surface area contributed by atoms with E-state index >= 15 is 0 Å². The number of carbonyl (C=O) groups excluding carboxylic acids is 4. The highest BCUT2D eigenvalue weighted by molar-refractivity contribution is 6.31. The number of fused-ring (bicyclic) bond motifs is 1. The van der Waals surface area contributed by atoms with Crippen molar-refractivity contribution in [2.45, 2.75) is 57.7 Å². The van der Waals surface area contributed by atoms with Crippen LogP contribution in [-0.4, -0.2) is 78.4 Å². The Balaban J connectivity index is 1.46. The van der Waals surface area contributed by atoms with E-state index in [0.29, 0.717) is 43.4 Å². The Labute approximate surface area is 245 Å². The van der Waals surface area contributed by atoms with Gasteiger partial charge in [0, 0.05) is 56.2 Å². The lowest BCUT2D eigenvalue weighted by Crippen LogP contribution is -2.56.